The summed E-state index contributed by atoms with van der Waals surface area (Å²) in [4.78, 5) is 8.82. The lowest BCUT2D eigenvalue weighted by atomic mass is 10.1. The Morgan fingerprint density at radius 2 is 2.00 bits per heavy atom. The van der Waals surface area contributed by atoms with Crippen molar-refractivity contribution >= 4 is 11.2 Å². The van der Waals surface area contributed by atoms with E-state index in [0.29, 0.717) is 0 Å². The van der Waals surface area contributed by atoms with Crippen LogP contribution in [0.3, 0.4) is 0 Å². The molecule has 1 N–H and O–H groups in total. The van der Waals surface area contributed by atoms with Crippen LogP contribution in [-0.4, -0.2) is 19.6 Å². The maximum Gasteiger partial charge on any atom is 0.160 e. The van der Waals surface area contributed by atoms with Gasteiger partial charge in [-0.1, -0.05) is 12.1 Å². The van der Waals surface area contributed by atoms with Gasteiger partial charge in [0.25, 0.3) is 0 Å². The van der Waals surface area contributed by atoms with Gasteiger partial charge in [0.15, 0.2) is 5.65 Å². The Hall–Kier alpha value is -2.36. The Kier molecular flexibility index (Phi) is 2.30. The van der Waals surface area contributed by atoms with Crippen LogP contribution in [0.15, 0.2) is 36.5 Å². The highest BCUT2D eigenvalue weighted by molar-refractivity contribution is 5.79. The predicted molar refractivity (Wildman–Crippen MR) is 70.3 cm³/mol. The minimum atomic E-state index is 0.274. The number of aromatic nitrogens is 3. The lowest BCUT2D eigenvalue weighted by Crippen LogP contribution is -1.94. The number of phenols is 1. The van der Waals surface area contributed by atoms with Crippen LogP contribution < -0.4 is 0 Å². The van der Waals surface area contributed by atoms with Crippen molar-refractivity contribution in [3.05, 3.63) is 42.1 Å². The molecule has 4 nitrogen and oxygen atoms in total. The fourth-order valence-corrected chi connectivity index (χ4v) is 2.10. The standard InChI is InChI=1S/C14H13N3O/c1-9-5-3-6-10(12(9)18)13-16-11-7-4-8-15-14(11)17(13)2/h3-8,18H,1-2H3. The number of aromatic hydroxyl groups is 1. The predicted octanol–water partition coefficient (Wildman–Crippen LogP) is 2.65. The van der Waals surface area contributed by atoms with Gasteiger partial charge in [-0.2, -0.15) is 0 Å². The van der Waals surface area contributed by atoms with Gasteiger partial charge in [0.2, 0.25) is 0 Å². The number of hydrogen-bond donors (Lipinski definition) is 1. The lowest BCUT2D eigenvalue weighted by Gasteiger charge is -2.06. The summed E-state index contributed by atoms with van der Waals surface area (Å²) < 4.78 is 1.89. The summed E-state index contributed by atoms with van der Waals surface area (Å²) in [6.07, 6.45) is 1.74. The molecule has 0 saturated carbocycles. The molecule has 0 fully saturated rings. The third-order valence-corrected chi connectivity index (χ3v) is 3.11. The fourth-order valence-electron chi connectivity index (χ4n) is 2.10. The number of rotatable bonds is 1. The fraction of sp³-hybridized carbons (Fsp3) is 0.143. The van der Waals surface area contributed by atoms with Crippen molar-refractivity contribution in [1.29, 1.82) is 0 Å². The van der Waals surface area contributed by atoms with Gasteiger partial charge in [-0.3, -0.25) is 0 Å². The molecule has 0 aliphatic rings. The van der Waals surface area contributed by atoms with E-state index < -0.39 is 0 Å². The number of aryl methyl sites for hydroxylation is 2. The zero-order valence-electron chi connectivity index (χ0n) is 10.3. The van der Waals surface area contributed by atoms with Gasteiger partial charge in [-0.15, -0.1) is 0 Å². The van der Waals surface area contributed by atoms with E-state index in [2.05, 4.69) is 9.97 Å². The van der Waals surface area contributed by atoms with Gasteiger partial charge in [0, 0.05) is 13.2 Å². The number of para-hydroxylation sites is 1. The van der Waals surface area contributed by atoms with Crippen molar-refractivity contribution in [2.24, 2.45) is 7.05 Å². The number of imidazole rings is 1. The van der Waals surface area contributed by atoms with Crippen molar-refractivity contribution in [3.63, 3.8) is 0 Å². The first-order chi connectivity index (χ1) is 8.68. The van der Waals surface area contributed by atoms with Crippen molar-refractivity contribution in [2.45, 2.75) is 6.92 Å². The van der Waals surface area contributed by atoms with Crippen molar-refractivity contribution in [3.8, 4) is 17.1 Å². The van der Waals surface area contributed by atoms with E-state index in [1.807, 2.05) is 48.9 Å². The molecule has 0 unspecified atom stereocenters. The third kappa shape index (κ3) is 1.46. The number of pyridine rings is 1. The van der Waals surface area contributed by atoms with Crippen molar-refractivity contribution < 1.29 is 5.11 Å². The zero-order chi connectivity index (χ0) is 12.7. The number of nitrogens with zero attached hydrogens (tertiary/aromatic N) is 3. The molecule has 2 heterocycles. The topological polar surface area (TPSA) is 50.9 Å². The minimum absolute atomic E-state index is 0.274. The Labute approximate surface area is 105 Å². The van der Waals surface area contributed by atoms with Crippen LogP contribution in [0.25, 0.3) is 22.6 Å². The van der Waals surface area contributed by atoms with E-state index in [9.17, 15) is 5.11 Å². The summed E-state index contributed by atoms with van der Waals surface area (Å²) in [5.41, 5.74) is 3.22. The van der Waals surface area contributed by atoms with E-state index in [1.54, 1.807) is 6.20 Å². The van der Waals surface area contributed by atoms with Crippen LogP contribution in [0, 0.1) is 6.92 Å². The molecule has 0 aliphatic heterocycles. The first kappa shape index (κ1) is 10.8. The second kappa shape index (κ2) is 3.84. The highest BCUT2D eigenvalue weighted by atomic mass is 16.3. The van der Waals surface area contributed by atoms with E-state index in [-0.39, 0.29) is 5.75 Å². The average Bonchev–Trinajstić information content (AvgIpc) is 2.71. The van der Waals surface area contributed by atoms with Crippen LogP contribution >= 0.6 is 0 Å². The van der Waals surface area contributed by atoms with Gasteiger partial charge < -0.3 is 9.67 Å². The molecular formula is C14H13N3O. The number of phenolic OH excluding ortho intramolecular Hbond substituents is 1. The number of hydrogen-bond acceptors (Lipinski definition) is 3. The van der Waals surface area contributed by atoms with Gasteiger partial charge >= 0.3 is 0 Å². The molecule has 4 heteroatoms. The van der Waals surface area contributed by atoms with Gasteiger partial charge in [0.1, 0.15) is 17.1 Å². The maximum atomic E-state index is 10.1. The molecule has 0 saturated heterocycles. The summed E-state index contributed by atoms with van der Waals surface area (Å²) in [7, 11) is 1.90. The summed E-state index contributed by atoms with van der Waals surface area (Å²) in [5, 5.41) is 10.1. The molecule has 3 rings (SSSR count). The second-order valence-electron chi connectivity index (χ2n) is 4.31. The highest BCUT2D eigenvalue weighted by Crippen LogP contribution is 2.32. The Morgan fingerprint density at radius 3 is 2.78 bits per heavy atom. The van der Waals surface area contributed by atoms with E-state index in [1.165, 1.54) is 0 Å². The molecule has 2 aromatic heterocycles. The number of fused-ring (bicyclic) bond motifs is 1. The molecule has 90 valence electrons. The van der Waals surface area contributed by atoms with E-state index in [4.69, 9.17) is 0 Å². The van der Waals surface area contributed by atoms with Crippen LogP contribution in [0.4, 0.5) is 0 Å². The van der Waals surface area contributed by atoms with Crippen LogP contribution in [0.2, 0.25) is 0 Å². The number of benzene rings is 1. The quantitative estimate of drug-likeness (QED) is 0.710. The molecule has 1 aromatic carbocycles. The molecule has 0 bridgehead atoms. The van der Waals surface area contributed by atoms with Crippen LogP contribution in [-0.2, 0) is 7.05 Å². The molecule has 0 spiro atoms. The first-order valence-electron chi connectivity index (χ1n) is 5.75. The maximum absolute atomic E-state index is 10.1. The van der Waals surface area contributed by atoms with Crippen LogP contribution in [0.1, 0.15) is 5.56 Å². The summed E-state index contributed by atoms with van der Waals surface area (Å²) in [6.45, 7) is 1.87. The normalized spacial score (nSPS) is 11.0. The molecular weight excluding hydrogens is 226 g/mol. The van der Waals surface area contributed by atoms with Crippen LogP contribution in [0.5, 0.6) is 5.75 Å². The Bertz CT molecular complexity index is 731. The van der Waals surface area contributed by atoms with Gasteiger partial charge in [0.05, 0.1) is 5.56 Å². The molecule has 18 heavy (non-hydrogen) atoms. The Morgan fingerprint density at radius 1 is 1.17 bits per heavy atom. The molecule has 0 radical (unpaired) electrons. The van der Waals surface area contributed by atoms with E-state index in [0.717, 1.165) is 28.1 Å². The SMILES string of the molecule is Cc1cccc(-c2nc3cccnc3n2C)c1O. The van der Waals surface area contributed by atoms with Crippen molar-refractivity contribution in [1.82, 2.24) is 14.5 Å². The highest BCUT2D eigenvalue weighted by Gasteiger charge is 2.14. The summed E-state index contributed by atoms with van der Waals surface area (Å²) in [5.74, 6) is 1.00. The molecule has 0 aliphatic carbocycles. The molecule has 0 amide bonds. The summed E-state index contributed by atoms with van der Waals surface area (Å²) >= 11 is 0. The zero-order valence-corrected chi connectivity index (χ0v) is 10.3. The Balaban J connectivity index is 2.32. The first-order valence-corrected chi connectivity index (χ1v) is 5.75. The minimum Gasteiger partial charge on any atom is -0.507 e. The van der Waals surface area contributed by atoms with Crippen molar-refractivity contribution in [2.75, 3.05) is 0 Å². The smallest absolute Gasteiger partial charge is 0.160 e. The largest absolute Gasteiger partial charge is 0.507 e. The average molecular weight is 239 g/mol. The van der Waals surface area contributed by atoms with E-state index >= 15 is 0 Å². The summed E-state index contributed by atoms with van der Waals surface area (Å²) in [6, 6.07) is 9.42. The monoisotopic (exact) mass is 239 g/mol. The lowest BCUT2D eigenvalue weighted by molar-refractivity contribution is 0.472. The molecule has 3 aromatic rings. The van der Waals surface area contributed by atoms with Gasteiger partial charge in [-0.25, -0.2) is 9.97 Å². The third-order valence-electron chi connectivity index (χ3n) is 3.11. The molecule has 0 atom stereocenters. The second-order valence-corrected chi connectivity index (χ2v) is 4.31. The van der Waals surface area contributed by atoms with Gasteiger partial charge in [-0.05, 0) is 30.7 Å².